The lowest BCUT2D eigenvalue weighted by molar-refractivity contribution is -0.139. The number of urea groups is 1. The molecule has 1 rings (SSSR count). The minimum Gasteiger partial charge on any atom is -0.481 e. The highest BCUT2D eigenvalue weighted by atomic mass is 16.4. The van der Waals surface area contributed by atoms with Gasteiger partial charge in [0.15, 0.2) is 0 Å². The fraction of sp³-hybridized carbons (Fsp3) is 0.714. The Balaban J connectivity index is 2.20. The van der Waals surface area contributed by atoms with E-state index in [1.54, 1.807) is 11.9 Å². The number of carbonyl (C=O) groups excluding carboxylic acids is 1. The van der Waals surface area contributed by atoms with Crippen LogP contribution >= 0.6 is 0 Å². The number of nitrogens with zero attached hydrogens (tertiary/aromatic N) is 1. The molecule has 12 heavy (non-hydrogen) atoms. The van der Waals surface area contributed by atoms with E-state index < -0.39 is 5.97 Å². The molecule has 0 saturated carbocycles. The second-order valence-corrected chi connectivity index (χ2v) is 2.92. The van der Waals surface area contributed by atoms with E-state index in [-0.39, 0.29) is 18.4 Å². The number of carboxylic acids is 1. The first kappa shape index (κ1) is 8.83. The normalized spacial score (nSPS) is 16.9. The standard InChI is InChI=1S/C7H12N2O3/c1-8-7(12)9-3-5(4-9)2-6(10)11/h5H,2-4H2,1H3,(H,8,12)(H,10,11). The fourth-order valence-electron chi connectivity index (χ4n) is 1.27. The first-order chi connectivity index (χ1) is 5.63. The first-order valence-corrected chi connectivity index (χ1v) is 3.82. The van der Waals surface area contributed by atoms with Crippen LogP contribution in [0.25, 0.3) is 0 Å². The second kappa shape index (κ2) is 3.42. The van der Waals surface area contributed by atoms with Crippen molar-refractivity contribution < 1.29 is 14.7 Å². The third-order valence-corrected chi connectivity index (χ3v) is 1.92. The summed E-state index contributed by atoms with van der Waals surface area (Å²) >= 11 is 0. The topological polar surface area (TPSA) is 69.6 Å². The van der Waals surface area contributed by atoms with Crippen LogP contribution in [-0.4, -0.2) is 42.1 Å². The number of carboxylic acid groups (broad SMARTS) is 1. The predicted octanol–water partition coefficient (Wildman–Crippen LogP) is -0.268. The van der Waals surface area contributed by atoms with Gasteiger partial charge in [0.2, 0.25) is 0 Å². The van der Waals surface area contributed by atoms with Gasteiger partial charge in [-0.2, -0.15) is 0 Å². The van der Waals surface area contributed by atoms with E-state index in [1.165, 1.54) is 0 Å². The lowest BCUT2D eigenvalue weighted by Gasteiger charge is -2.37. The van der Waals surface area contributed by atoms with Crippen molar-refractivity contribution in [2.24, 2.45) is 5.92 Å². The van der Waals surface area contributed by atoms with Crippen LogP contribution in [0.3, 0.4) is 0 Å². The van der Waals surface area contributed by atoms with Crippen molar-refractivity contribution >= 4 is 12.0 Å². The van der Waals surface area contributed by atoms with Crippen LogP contribution in [0.5, 0.6) is 0 Å². The summed E-state index contributed by atoms with van der Waals surface area (Å²) in [5.74, 6) is -0.656. The summed E-state index contributed by atoms with van der Waals surface area (Å²) in [6, 6.07) is -0.128. The van der Waals surface area contributed by atoms with Crippen LogP contribution in [0.1, 0.15) is 6.42 Å². The fourth-order valence-corrected chi connectivity index (χ4v) is 1.27. The predicted molar refractivity (Wildman–Crippen MR) is 41.8 cm³/mol. The summed E-state index contributed by atoms with van der Waals surface area (Å²) in [6.45, 7) is 1.12. The van der Waals surface area contributed by atoms with Crippen molar-refractivity contribution in [1.82, 2.24) is 10.2 Å². The Morgan fingerprint density at radius 2 is 2.17 bits per heavy atom. The molecule has 0 atom stereocenters. The Hall–Kier alpha value is -1.26. The SMILES string of the molecule is CNC(=O)N1CC(CC(=O)O)C1. The summed E-state index contributed by atoms with van der Waals surface area (Å²) in [6.07, 6.45) is 0.160. The number of aliphatic carboxylic acids is 1. The van der Waals surface area contributed by atoms with Gasteiger partial charge in [0.05, 0.1) is 6.42 Å². The molecule has 1 fully saturated rings. The summed E-state index contributed by atoms with van der Waals surface area (Å²) in [5.41, 5.74) is 0. The highest BCUT2D eigenvalue weighted by Crippen LogP contribution is 2.18. The van der Waals surface area contributed by atoms with E-state index in [4.69, 9.17) is 5.11 Å². The maximum atomic E-state index is 10.9. The Bertz CT molecular complexity index is 199. The third-order valence-electron chi connectivity index (χ3n) is 1.92. The molecule has 0 aliphatic carbocycles. The second-order valence-electron chi connectivity index (χ2n) is 2.92. The van der Waals surface area contributed by atoms with E-state index >= 15 is 0 Å². The average molecular weight is 172 g/mol. The maximum absolute atomic E-state index is 10.9. The van der Waals surface area contributed by atoms with Crippen LogP contribution in [0.2, 0.25) is 0 Å². The van der Waals surface area contributed by atoms with Gasteiger partial charge in [0.1, 0.15) is 0 Å². The van der Waals surface area contributed by atoms with Crippen LogP contribution in [0, 0.1) is 5.92 Å². The zero-order valence-electron chi connectivity index (χ0n) is 6.91. The summed E-state index contributed by atoms with van der Waals surface area (Å²) in [4.78, 5) is 22.7. The molecule has 0 unspecified atom stereocenters. The minimum atomic E-state index is -0.795. The molecule has 1 aliphatic rings. The monoisotopic (exact) mass is 172 g/mol. The zero-order chi connectivity index (χ0) is 9.14. The lowest BCUT2D eigenvalue weighted by Crippen LogP contribution is -2.53. The number of rotatable bonds is 2. The molecule has 0 spiro atoms. The molecule has 1 heterocycles. The van der Waals surface area contributed by atoms with Gasteiger partial charge in [0, 0.05) is 26.1 Å². The van der Waals surface area contributed by atoms with Gasteiger partial charge < -0.3 is 15.3 Å². The molecule has 0 bridgehead atoms. The average Bonchev–Trinajstić information content (AvgIpc) is 1.94. The van der Waals surface area contributed by atoms with Crippen molar-refractivity contribution in [2.45, 2.75) is 6.42 Å². The Morgan fingerprint density at radius 1 is 1.58 bits per heavy atom. The molecule has 5 nitrogen and oxygen atoms in total. The highest BCUT2D eigenvalue weighted by Gasteiger charge is 2.31. The maximum Gasteiger partial charge on any atom is 0.317 e. The van der Waals surface area contributed by atoms with Gasteiger partial charge >= 0.3 is 12.0 Å². The summed E-state index contributed by atoms with van der Waals surface area (Å²) in [7, 11) is 1.56. The summed E-state index contributed by atoms with van der Waals surface area (Å²) in [5, 5.41) is 10.9. The van der Waals surface area contributed by atoms with Gasteiger partial charge in [-0.15, -0.1) is 0 Å². The number of hydrogen-bond acceptors (Lipinski definition) is 2. The van der Waals surface area contributed by atoms with E-state index in [9.17, 15) is 9.59 Å². The van der Waals surface area contributed by atoms with Crippen LogP contribution in [0.15, 0.2) is 0 Å². The van der Waals surface area contributed by atoms with Crippen LogP contribution < -0.4 is 5.32 Å². The Morgan fingerprint density at radius 3 is 2.58 bits per heavy atom. The molecule has 1 saturated heterocycles. The van der Waals surface area contributed by atoms with E-state index in [1.807, 2.05) is 0 Å². The van der Waals surface area contributed by atoms with Crippen molar-refractivity contribution in [3.8, 4) is 0 Å². The molecule has 0 aromatic heterocycles. The molecule has 2 amide bonds. The number of nitrogens with one attached hydrogen (secondary N) is 1. The van der Waals surface area contributed by atoms with Gasteiger partial charge in [-0.1, -0.05) is 0 Å². The highest BCUT2D eigenvalue weighted by molar-refractivity contribution is 5.75. The molecule has 1 aliphatic heterocycles. The van der Waals surface area contributed by atoms with Gasteiger partial charge in [-0.3, -0.25) is 4.79 Å². The molecular weight excluding hydrogens is 160 g/mol. The molecule has 2 N–H and O–H groups in total. The van der Waals surface area contributed by atoms with E-state index in [2.05, 4.69) is 5.32 Å². The van der Waals surface area contributed by atoms with Gasteiger partial charge in [-0.05, 0) is 0 Å². The molecule has 68 valence electrons. The van der Waals surface area contributed by atoms with Gasteiger partial charge in [-0.25, -0.2) is 4.79 Å². The Labute approximate surface area is 70.4 Å². The molecule has 5 heteroatoms. The quantitative estimate of drug-likeness (QED) is 0.602. The molecule has 0 aromatic rings. The van der Waals surface area contributed by atoms with Crippen molar-refractivity contribution in [3.63, 3.8) is 0 Å². The van der Waals surface area contributed by atoms with Gasteiger partial charge in [0.25, 0.3) is 0 Å². The van der Waals surface area contributed by atoms with E-state index in [0.29, 0.717) is 13.1 Å². The first-order valence-electron chi connectivity index (χ1n) is 3.82. The molecule has 0 aromatic carbocycles. The summed E-state index contributed by atoms with van der Waals surface area (Å²) < 4.78 is 0. The number of hydrogen-bond donors (Lipinski definition) is 2. The largest absolute Gasteiger partial charge is 0.481 e. The van der Waals surface area contributed by atoms with Crippen molar-refractivity contribution in [3.05, 3.63) is 0 Å². The van der Waals surface area contributed by atoms with E-state index in [0.717, 1.165) is 0 Å². The Kier molecular flexibility index (Phi) is 2.52. The lowest BCUT2D eigenvalue weighted by atomic mass is 9.97. The smallest absolute Gasteiger partial charge is 0.317 e. The van der Waals surface area contributed by atoms with Crippen molar-refractivity contribution in [2.75, 3.05) is 20.1 Å². The minimum absolute atomic E-state index is 0.128. The number of amides is 2. The molecular formula is C7H12N2O3. The molecule has 0 radical (unpaired) electrons. The third kappa shape index (κ3) is 1.87. The number of likely N-dealkylation sites (tertiary alicyclic amines) is 1. The number of carbonyl (C=O) groups is 2. The zero-order valence-corrected chi connectivity index (χ0v) is 6.91. The van der Waals surface area contributed by atoms with Crippen molar-refractivity contribution in [1.29, 1.82) is 0 Å². The van der Waals surface area contributed by atoms with Crippen LogP contribution in [-0.2, 0) is 4.79 Å². The van der Waals surface area contributed by atoms with Crippen LogP contribution in [0.4, 0.5) is 4.79 Å².